The zero-order valence-corrected chi connectivity index (χ0v) is 9.55. The first-order valence-corrected chi connectivity index (χ1v) is 5.25. The van der Waals surface area contributed by atoms with E-state index < -0.39 is 6.43 Å². The number of imidazole rings is 1. The third-order valence-corrected chi connectivity index (χ3v) is 2.62. The van der Waals surface area contributed by atoms with Gasteiger partial charge in [-0.05, 0) is 27.6 Å². The average molecular weight is 286 g/mol. The highest BCUT2D eigenvalue weighted by molar-refractivity contribution is 9.10. The van der Waals surface area contributed by atoms with Crippen molar-refractivity contribution in [3.8, 4) is 6.07 Å². The highest BCUT2D eigenvalue weighted by Crippen LogP contribution is 2.31. The Morgan fingerprint density at radius 1 is 1.50 bits per heavy atom. The first kappa shape index (κ1) is 11.0. The van der Waals surface area contributed by atoms with Crippen LogP contribution < -0.4 is 0 Å². The molecule has 1 aromatic carbocycles. The van der Waals surface area contributed by atoms with E-state index in [0.29, 0.717) is 15.8 Å². The van der Waals surface area contributed by atoms with Crippen molar-refractivity contribution in [2.75, 3.05) is 0 Å². The molecule has 0 aliphatic rings. The number of fused-ring (bicyclic) bond motifs is 1. The second kappa shape index (κ2) is 4.18. The van der Waals surface area contributed by atoms with Crippen molar-refractivity contribution in [2.45, 2.75) is 12.8 Å². The minimum absolute atomic E-state index is 0.0416. The fraction of sp³-hybridized carbons (Fsp3) is 0.200. The molecule has 16 heavy (non-hydrogen) atoms. The van der Waals surface area contributed by atoms with Crippen LogP contribution in [0.5, 0.6) is 0 Å². The van der Waals surface area contributed by atoms with Crippen molar-refractivity contribution >= 4 is 27.0 Å². The minimum Gasteiger partial charge on any atom is -0.332 e. The van der Waals surface area contributed by atoms with E-state index >= 15 is 0 Å². The number of nitrogens with zero attached hydrogens (tertiary/aromatic N) is 2. The first-order chi connectivity index (χ1) is 7.63. The zero-order chi connectivity index (χ0) is 11.7. The number of hydrogen-bond donors (Lipinski definition) is 1. The van der Waals surface area contributed by atoms with Gasteiger partial charge in [-0.3, -0.25) is 0 Å². The SMILES string of the molecule is N#CCc1ccc2[nH]c(Br)nc2c1C(F)F. The molecular formula is C10H6BrF2N3. The standard InChI is InChI=1S/C10H6BrF2N3/c11-10-15-6-2-1-5(3-4-14)7(9(12)13)8(6)16-10/h1-2,9H,3H2,(H,15,16). The van der Waals surface area contributed by atoms with E-state index in [1.54, 1.807) is 6.07 Å². The Morgan fingerprint density at radius 3 is 2.88 bits per heavy atom. The van der Waals surface area contributed by atoms with Crippen LogP contribution in [0.25, 0.3) is 11.0 Å². The van der Waals surface area contributed by atoms with Crippen LogP contribution in [0.3, 0.4) is 0 Å². The van der Waals surface area contributed by atoms with E-state index in [1.165, 1.54) is 6.07 Å². The lowest BCUT2D eigenvalue weighted by Crippen LogP contribution is -1.95. The van der Waals surface area contributed by atoms with Gasteiger partial charge in [0.15, 0.2) is 4.73 Å². The Bertz CT molecular complexity index is 571. The van der Waals surface area contributed by atoms with Crippen LogP contribution in [-0.4, -0.2) is 9.97 Å². The second-order valence-corrected chi connectivity index (χ2v) is 3.95. The molecule has 0 bridgehead atoms. The molecular weight excluding hydrogens is 280 g/mol. The van der Waals surface area contributed by atoms with Gasteiger partial charge in [0.05, 0.1) is 23.5 Å². The van der Waals surface area contributed by atoms with Crippen molar-refractivity contribution in [1.82, 2.24) is 9.97 Å². The Kier molecular flexibility index (Phi) is 2.88. The quantitative estimate of drug-likeness (QED) is 0.920. The number of aromatic amines is 1. The molecule has 0 fully saturated rings. The fourth-order valence-electron chi connectivity index (χ4n) is 1.59. The maximum Gasteiger partial charge on any atom is 0.266 e. The van der Waals surface area contributed by atoms with Crippen molar-refractivity contribution in [1.29, 1.82) is 5.26 Å². The zero-order valence-electron chi connectivity index (χ0n) is 7.97. The minimum atomic E-state index is -2.64. The van der Waals surface area contributed by atoms with Crippen LogP contribution in [0.2, 0.25) is 0 Å². The highest BCUT2D eigenvalue weighted by atomic mass is 79.9. The molecule has 0 radical (unpaired) electrons. The maximum absolute atomic E-state index is 12.9. The lowest BCUT2D eigenvalue weighted by Gasteiger charge is -2.06. The number of hydrogen-bond acceptors (Lipinski definition) is 2. The Hall–Kier alpha value is -1.48. The van der Waals surface area contributed by atoms with Gasteiger partial charge >= 0.3 is 0 Å². The third kappa shape index (κ3) is 1.78. The third-order valence-electron chi connectivity index (χ3n) is 2.24. The van der Waals surface area contributed by atoms with Crippen LogP contribution in [0.1, 0.15) is 17.6 Å². The van der Waals surface area contributed by atoms with Gasteiger partial charge in [-0.25, -0.2) is 13.8 Å². The van der Waals surface area contributed by atoms with Crippen LogP contribution in [0, 0.1) is 11.3 Å². The van der Waals surface area contributed by atoms with E-state index in [1.807, 2.05) is 6.07 Å². The predicted molar refractivity (Wildman–Crippen MR) is 58.1 cm³/mol. The van der Waals surface area contributed by atoms with Crippen molar-refractivity contribution in [3.63, 3.8) is 0 Å². The summed E-state index contributed by atoms with van der Waals surface area (Å²) in [6, 6.07) is 5.04. The molecule has 0 atom stereocenters. The molecule has 6 heteroatoms. The van der Waals surface area contributed by atoms with Gasteiger partial charge in [0.25, 0.3) is 6.43 Å². The summed E-state index contributed by atoms with van der Waals surface area (Å²) in [6.07, 6.45) is -2.68. The van der Waals surface area contributed by atoms with Gasteiger partial charge in [-0.1, -0.05) is 6.07 Å². The molecule has 2 aromatic rings. The number of aromatic nitrogens is 2. The smallest absolute Gasteiger partial charge is 0.266 e. The molecule has 0 amide bonds. The number of rotatable bonds is 2. The molecule has 0 unspecified atom stereocenters. The van der Waals surface area contributed by atoms with Crippen LogP contribution in [0.15, 0.2) is 16.9 Å². The fourth-order valence-corrected chi connectivity index (χ4v) is 1.98. The first-order valence-electron chi connectivity index (χ1n) is 4.45. The summed E-state index contributed by atoms with van der Waals surface area (Å²) in [4.78, 5) is 6.76. The Balaban J connectivity index is 2.74. The summed E-state index contributed by atoms with van der Waals surface area (Å²) < 4.78 is 26.2. The Labute approximate surface area is 98.2 Å². The lowest BCUT2D eigenvalue weighted by atomic mass is 10.0. The van der Waals surface area contributed by atoms with Gasteiger partial charge in [-0.2, -0.15) is 5.26 Å². The average Bonchev–Trinajstić information content (AvgIpc) is 2.57. The van der Waals surface area contributed by atoms with E-state index in [0.717, 1.165) is 0 Å². The molecule has 0 saturated carbocycles. The number of nitrogens with one attached hydrogen (secondary N) is 1. The molecule has 1 aromatic heterocycles. The normalized spacial score (nSPS) is 10.9. The molecule has 0 spiro atoms. The molecule has 0 saturated heterocycles. The molecule has 3 nitrogen and oxygen atoms in total. The van der Waals surface area contributed by atoms with E-state index in [4.69, 9.17) is 5.26 Å². The summed E-state index contributed by atoms with van der Waals surface area (Å²) >= 11 is 3.09. The van der Waals surface area contributed by atoms with Crippen LogP contribution >= 0.6 is 15.9 Å². The molecule has 1 N–H and O–H groups in total. The highest BCUT2D eigenvalue weighted by Gasteiger charge is 2.19. The summed E-state index contributed by atoms with van der Waals surface area (Å²) in [7, 11) is 0. The Morgan fingerprint density at radius 2 is 2.25 bits per heavy atom. The van der Waals surface area contributed by atoms with Gasteiger partial charge < -0.3 is 4.98 Å². The van der Waals surface area contributed by atoms with Crippen LogP contribution in [-0.2, 0) is 6.42 Å². The van der Waals surface area contributed by atoms with Crippen molar-refractivity contribution < 1.29 is 8.78 Å². The van der Waals surface area contributed by atoms with Gasteiger partial charge in [-0.15, -0.1) is 0 Å². The number of halogens is 3. The summed E-state index contributed by atoms with van der Waals surface area (Å²) in [5.74, 6) is 0. The van der Waals surface area contributed by atoms with E-state index in [9.17, 15) is 8.78 Å². The van der Waals surface area contributed by atoms with E-state index in [-0.39, 0.29) is 17.5 Å². The topological polar surface area (TPSA) is 52.5 Å². The molecule has 1 heterocycles. The predicted octanol–water partition coefficient (Wildman–Crippen LogP) is 3.33. The number of alkyl halides is 2. The van der Waals surface area contributed by atoms with E-state index in [2.05, 4.69) is 25.9 Å². The largest absolute Gasteiger partial charge is 0.332 e. The number of nitriles is 1. The number of benzene rings is 1. The lowest BCUT2D eigenvalue weighted by molar-refractivity contribution is 0.152. The second-order valence-electron chi connectivity index (χ2n) is 3.20. The molecule has 2 rings (SSSR count). The molecule has 0 aliphatic carbocycles. The van der Waals surface area contributed by atoms with Gasteiger partial charge in [0, 0.05) is 5.56 Å². The summed E-state index contributed by atoms with van der Waals surface area (Å²) in [5, 5.41) is 8.57. The molecule has 82 valence electrons. The number of H-pyrrole nitrogens is 1. The molecule has 0 aliphatic heterocycles. The van der Waals surface area contributed by atoms with Crippen molar-refractivity contribution in [3.05, 3.63) is 28.0 Å². The van der Waals surface area contributed by atoms with Gasteiger partial charge in [0.1, 0.15) is 0 Å². The summed E-state index contributed by atoms with van der Waals surface area (Å²) in [6.45, 7) is 0. The summed E-state index contributed by atoms with van der Waals surface area (Å²) in [5.41, 5.74) is 0.906. The maximum atomic E-state index is 12.9. The monoisotopic (exact) mass is 285 g/mol. The van der Waals surface area contributed by atoms with Gasteiger partial charge in [0.2, 0.25) is 0 Å². The van der Waals surface area contributed by atoms with Crippen molar-refractivity contribution in [2.24, 2.45) is 0 Å². The van der Waals surface area contributed by atoms with Crippen LogP contribution in [0.4, 0.5) is 8.78 Å².